The Morgan fingerprint density at radius 3 is 2.31 bits per heavy atom. The van der Waals surface area contributed by atoms with Gasteiger partial charge in [-0.2, -0.15) is 0 Å². The summed E-state index contributed by atoms with van der Waals surface area (Å²) in [6.45, 7) is 3.06. The lowest BCUT2D eigenvalue weighted by Crippen LogP contribution is -2.52. The highest BCUT2D eigenvalue weighted by molar-refractivity contribution is 5.77. The summed E-state index contributed by atoms with van der Waals surface area (Å²) >= 11 is 0. The van der Waals surface area contributed by atoms with Gasteiger partial charge in [0.25, 0.3) is 10.9 Å². The van der Waals surface area contributed by atoms with Crippen molar-refractivity contribution in [3.63, 3.8) is 0 Å². The molecule has 2 aliphatic heterocycles. The smallest absolute Gasteiger partial charge is 0.253 e. The first-order chi connectivity index (χ1) is 18.9. The van der Waals surface area contributed by atoms with E-state index >= 15 is 0 Å². The molecule has 0 radical (unpaired) electrons. The first-order valence-electron chi connectivity index (χ1n) is 14.0. The summed E-state index contributed by atoms with van der Waals surface area (Å²) in [5.41, 5.74) is 5.81. The monoisotopic (exact) mass is 533 g/mol. The average molecular weight is 534 g/mol. The van der Waals surface area contributed by atoms with Gasteiger partial charge in [0.2, 0.25) is 0 Å². The van der Waals surface area contributed by atoms with Gasteiger partial charge >= 0.3 is 0 Å². The first kappa shape index (κ1) is 27.4. The topological polar surface area (TPSA) is 105 Å². The Kier molecular flexibility index (Phi) is 8.35. The molecule has 8 nitrogen and oxygen atoms in total. The molecule has 8 heteroatoms. The van der Waals surface area contributed by atoms with E-state index in [0.717, 1.165) is 37.7 Å². The summed E-state index contributed by atoms with van der Waals surface area (Å²) in [5.74, 6) is 1.16. The standard InChI is InChI=1S/C31H39N3O5/c1-38-19-8-7-16-31(37,25-13-5-6-14-26(25)39-24-11-3-2-4-12-24)22-10-9-17-33(20-22)27-28(30(36)29(27)35)34-18-15-23(32)21-34/h2-6,11-14,22-23,37H,7-10,15-21,32H2,1H3/t22?,23?,31-/m1/s1. The fraction of sp³-hybridized carbons (Fsp3) is 0.484. The third-order valence-electron chi connectivity index (χ3n) is 8.30. The SMILES string of the molecule is COCCCC[C@](O)(c1ccccc1Oc1ccccc1)C1CCCN(c2c(N3CCC(N)C3)c(=O)c2=O)C1. The van der Waals surface area contributed by atoms with Gasteiger partial charge < -0.3 is 30.1 Å². The number of anilines is 2. The molecule has 0 aliphatic carbocycles. The van der Waals surface area contributed by atoms with E-state index < -0.39 is 16.5 Å². The van der Waals surface area contributed by atoms with E-state index in [9.17, 15) is 14.7 Å². The molecule has 0 saturated carbocycles. The Hall–Kier alpha value is -3.20. The van der Waals surface area contributed by atoms with E-state index in [1.807, 2.05) is 64.4 Å². The second kappa shape index (κ2) is 11.9. The lowest BCUT2D eigenvalue weighted by Gasteiger charge is -2.44. The number of benzene rings is 2. The van der Waals surface area contributed by atoms with Gasteiger partial charge in [-0.3, -0.25) is 9.59 Å². The van der Waals surface area contributed by atoms with Crippen molar-refractivity contribution in [2.75, 3.05) is 49.7 Å². The average Bonchev–Trinajstić information content (AvgIpc) is 3.39. The number of methoxy groups -OCH3 is 1. The maximum absolute atomic E-state index is 12.8. The van der Waals surface area contributed by atoms with Gasteiger partial charge in [-0.15, -0.1) is 0 Å². The number of unbranched alkanes of at least 4 members (excludes halogenated alkanes) is 1. The molecule has 208 valence electrons. The molecule has 2 fully saturated rings. The summed E-state index contributed by atoms with van der Waals surface area (Å²) in [5, 5.41) is 12.5. The Morgan fingerprint density at radius 2 is 1.62 bits per heavy atom. The molecule has 0 spiro atoms. The Balaban J connectivity index is 1.45. The molecule has 2 unspecified atom stereocenters. The van der Waals surface area contributed by atoms with Crippen LogP contribution in [0.3, 0.4) is 0 Å². The highest BCUT2D eigenvalue weighted by atomic mass is 16.5. The molecule has 0 amide bonds. The van der Waals surface area contributed by atoms with Gasteiger partial charge in [-0.1, -0.05) is 36.4 Å². The minimum Gasteiger partial charge on any atom is -0.457 e. The number of para-hydroxylation sites is 2. The van der Waals surface area contributed by atoms with Crippen LogP contribution in [-0.2, 0) is 10.3 Å². The van der Waals surface area contributed by atoms with Crippen molar-refractivity contribution in [1.82, 2.24) is 0 Å². The van der Waals surface area contributed by atoms with Crippen molar-refractivity contribution >= 4 is 11.4 Å². The van der Waals surface area contributed by atoms with Crippen LogP contribution >= 0.6 is 0 Å². The minimum atomic E-state index is -1.19. The van der Waals surface area contributed by atoms with Crippen LogP contribution in [0.1, 0.15) is 44.1 Å². The number of hydrogen-bond acceptors (Lipinski definition) is 8. The number of hydrogen-bond donors (Lipinski definition) is 2. The molecule has 3 aromatic carbocycles. The van der Waals surface area contributed by atoms with Crippen molar-refractivity contribution in [1.29, 1.82) is 0 Å². The van der Waals surface area contributed by atoms with Gasteiger partial charge in [-0.25, -0.2) is 0 Å². The van der Waals surface area contributed by atoms with Crippen LogP contribution in [0.4, 0.5) is 11.4 Å². The number of ether oxygens (including phenoxy) is 2. The van der Waals surface area contributed by atoms with E-state index in [-0.39, 0.29) is 12.0 Å². The van der Waals surface area contributed by atoms with Crippen molar-refractivity contribution in [3.8, 4) is 11.5 Å². The largest absolute Gasteiger partial charge is 0.457 e. The zero-order valence-corrected chi connectivity index (χ0v) is 22.7. The third-order valence-corrected chi connectivity index (χ3v) is 8.30. The Bertz CT molecular complexity index is 1320. The van der Waals surface area contributed by atoms with E-state index in [0.29, 0.717) is 62.1 Å². The second-order valence-corrected chi connectivity index (χ2v) is 10.9. The fourth-order valence-corrected chi connectivity index (χ4v) is 6.24. The molecule has 39 heavy (non-hydrogen) atoms. The van der Waals surface area contributed by atoms with Crippen LogP contribution in [-0.4, -0.2) is 51.0 Å². The zero-order chi connectivity index (χ0) is 27.4. The van der Waals surface area contributed by atoms with E-state index in [4.69, 9.17) is 15.2 Å². The third kappa shape index (κ3) is 5.60. The molecule has 3 N–H and O–H groups in total. The van der Waals surface area contributed by atoms with Gasteiger partial charge in [-0.05, 0) is 56.7 Å². The summed E-state index contributed by atoms with van der Waals surface area (Å²) in [7, 11) is 1.68. The van der Waals surface area contributed by atoms with Gasteiger partial charge in [0, 0.05) is 57.4 Å². The van der Waals surface area contributed by atoms with Gasteiger partial charge in [0.1, 0.15) is 22.9 Å². The maximum atomic E-state index is 12.8. The van der Waals surface area contributed by atoms with Gasteiger partial charge in [0.05, 0.1) is 5.60 Å². The highest BCUT2D eigenvalue weighted by Gasteiger charge is 2.44. The zero-order valence-electron chi connectivity index (χ0n) is 22.7. The van der Waals surface area contributed by atoms with E-state index in [1.165, 1.54) is 0 Å². The minimum absolute atomic E-state index is 0.00895. The number of piperidine rings is 1. The van der Waals surface area contributed by atoms with Crippen molar-refractivity contribution in [2.45, 2.75) is 50.2 Å². The Morgan fingerprint density at radius 1 is 0.923 bits per heavy atom. The molecule has 5 rings (SSSR count). The second-order valence-electron chi connectivity index (χ2n) is 10.9. The first-order valence-corrected chi connectivity index (χ1v) is 14.0. The fourth-order valence-electron chi connectivity index (χ4n) is 6.24. The summed E-state index contributed by atoms with van der Waals surface area (Å²) in [6.07, 6.45) is 4.55. The molecule has 3 aromatic rings. The molecular formula is C31H39N3O5. The molecule has 0 aromatic heterocycles. The Labute approximate surface area is 229 Å². The van der Waals surface area contributed by atoms with Crippen LogP contribution in [0.15, 0.2) is 64.2 Å². The summed E-state index contributed by atoms with van der Waals surface area (Å²) < 4.78 is 11.5. The van der Waals surface area contributed by atoms with E-state index in [2.05, 4.69) is 0 Å². The number of aliphatic hydroxyl groups is 1. The number of nitrogens with two attached hydrogens (primary N) is 1. The summed E-state index contributed by atoms with van der Waals surface area (Å²) in [6, 6.07) is 17.3. The van der Waals surface area contributed by atoms with Crippen LogP contribution in [0.5, 0.6) is 11.5 Å². The highest BCUT2D eigenvalue weighted by Crippen LogP contribution is 2.45. The maximum Gasteiger partial charge on any atom is 0.253 e. The van der Waals surface area contributed by atoms with Crippen LogP contribution in [0.2, 0.25) is 0 Å². The van der Waals surface area contributed by atoms with Crippen molar-refractivity contribution in [3.05, 3.63) is 80.6 Å². The van der Waals surface area contributed by atoms with Crippen LogP contribution < -0.4 is 31.1 Å². The van der Waals surface area contributed by atoms with Crippen molar-refractivity contribution < 1.29 is 14.6 Å². The van der Waals surface area contributed by atoms with Crippen LogP contribution in [0.25, 0.3) is 0 Å². The number of rotatable bonds is 11. The predicted molar refractivity (Wildman–Crippen MR) is 154 cm³/mol. The lowest BCUT2D eigenvalue weighted by molar-refractivity contribution is -0.0413. The quantitative estimate of drug-likeness (QED) is 0.285. The lowest BCUT2D eigenvalue weighted by atomic mass is 9.73. The van der Waals surface area contributed by atoms with Crippen LogP contribution in [0, 0.1) is 5.92 Å². The number of nitrogens with zero attached hydrogens (tertiary/aromatic N) is 2. The van der Waals surface area contributed by atoms with Gasteiger partial charge in [0.15, 0.2) is 0 Å². The molecule has 2 saturated heterocycles. The van der Waals surface area contributed by atoms with E-state index in [1.54, 1.807) is 7.11 Å². The van der Waals surface area contributed by atoms with Crippen molar-refractivity contribution in [2.24, 2.45) is 11.7 Å². The molecular weight excluding hydrogens is 494 g/mol. The molecule has 3 atom stereocenters. The molecule has 0 bridgehead atoms. The molecule has 2 aliphatic rings. The predicted octanol–water partition coefficient (Wildman–Crippen LogP) is 3.53. The molecule has 2 heterocycles. The normalized spacial score (nSPS) is 21.3. The summed E-state index contributed by atoms with van der Waals surface area (Å²) in [4.78, 5) is 29.5.